The van der Waals surface area contributed by atoms with E-state index in [4.69, 9.17) is 9.26 Å². The maximum atomic E-state index is 11.6. The third-order valence-corrected chi connectivity index (χ3v) is 3.63. The molecule has 21 heavy (non-hydrogen) atoms. The Labute approximate surface area is 131 Å². The number of carbonyl (C=O) groups is 1. The Bertz CT molecular complexity index is 685. The molecule has 0 saturated heterocycles. The summed E-state index contributed by atoms with van der Waals surface area (Å²) in [4.78, 5) is 11.6. The predicted octanol–water partition coefficient (Wildman–Crippen LogP) is 4.11. The SMILES string of the molecule is COc1ccc(-c2noc(C(C)(C)C)c2C(=O)O)cc1Br. The van der Waals surface area contributed by atoms with E-state index in [1.54, 1.807) is 25.3 Å². The van der Waals surface area contributed by atoms with Gasteiger partial charge in [-0.05, 0) is 34.1 Å². The van der Waals surface area contributed by atoms with Crippen LogP contribution in [0.3, 0.4) is 0 Å². The Morgan fingerprint density at radius 1 is 1.38 bits per heavy atom. The van der Waals surface area contributed by atoms with E-state index < -0.39 is 11.4 Å². The van der Waals surface area contributed by atoms with E-state index in [9.17, 15) is 9.90 Å². The second-order valence-electron chi connectivity index (χ2n) is 5.64. The van der Waals surface area contributed by atoms with Crippen LogP contribution in [0.5, 0.6) is 5.75 Å². The van der Waals surface area contributed by atoms with Crippen LogP contribution < -0.4 is 4.74 Å². The van der Waals surface area contributed by atoms with Crippen LogP contribution in [0.2, 0.25) is 0 Å². The highest BCUT2D eigenvalue weighted by Gasteiger charge is 2.31. The van der Waals surface area contributed by atoms with Crippen LogP contribution in [-0.2, 0) is 5.41 Å². The molecule has 0 atom stereocenters. The molecule has 0 aliphatic rings. The van der Waals surface area contributed by atoms with E-state index in [0.717, 1.165) is 4.47 Å². The smallest absolute Gasteiger partial charge is 0.341 e. The lowest BCUT2D eigenvalue weighted by Gasteiger charge is -2.14. The van der Waals surface area contributed by atoms with Gasteiger partial charge in [0.25, 0.3) is 0 Å². The molecule has 5 nitrogen and oxygen atoms in total. The van der Waals surface area contributed by atoms with Crippen molar-refractivity contribution in [2.75, 3.05) is 7.11 Å². The van der Waals surface area contributed by atoms with Gasteiger partial charge >= 0.3 is 5.97 Å². The van der Waals surface area contributed by atoms with Gasteiger partial charge in [0.15, 0.2) is 5.76 Å². The monoisotopic (exact) mass is 353 g/mol. The summed E-state index contributed by atoms with van der Waals surface area (Å²) in [6.07, 6.45) is 0. The number of ether oxygens (including phenoxy) is 1. The largest absolute Gasteiger partial charge is 0.496 e. The van der Waals surface area contributed by atoms with E-state index in [0.29, 0.717) is 22.8 Å². The van der Waals surface area contributed by atoms with Crippen molar-refractivity contribution in [1.82, 2.24) is 5.16 Å². The number of hydrogen-bond donors (Lipinski definition) is 1. The maximum absolute atomic E-state index is 11.6. The summed E-state index contributed by atoms with van der Waals surface area (Å²) in [5.74, 6) is -0.0322. The zero-order chi connectivity index (χ0) is 15.8. The Morgan fingerprint density at radius 3 is 2.52 bits per heavy atom. The van der Waals surface area contributed by atoms with Crippen molar-refractivity contribution in [3.8, 4) is 17.0 Å². The number of halogens is 1. The second-order valence-corrected chi connectivity index (χ2v) is 6.49. The Kier molecular flexibility index (Phi) is 4.09. The molecule has 1 N–H and O–H groups in total. The molecule has 0 fully saturated rings. The molecule has 1 heterocycles. The number of rotatable bonds is 3. The van der Waals surface area contributed by atoms with Crippen LogP contribution in [0.25, 0.3) is 11.3 Å². The van der Waals surface area contributed by atoms with Gasteiger partial charge in [0.1, 0.15) is 17.0 Å². The van der Waals surface area contributed by atoms with E-state index in [-0.39, 0.29) is 5.56 Å². The van der Waals surface area contributed by atoms with Crippen molar-refractivity contribution in [3.63, 3.8) is 0 Å². The second kappa shape index (κ2) is 5.52. The van der Waals surface area contributed by atoms with Crippen LogP contribution in [-0.4, -0.2) is 23.3 Å². The average Bonchev–Trinajstić information content (AvgIpc) is 2.83. The molecular formula is C15H16BrNO4. The van der Waals surface area contributed by atoms with Crippen molar-refractivity contribution in [3.05, 3.63) is 34.0 Å². The molecule has 6 heteroatoms. The van der Waals surface area contributed by atoms with Gasteiger partial charge in [0.2, 0.25) is 0 Å². The highest BCUT2D eigenvalue weighted by Crippen LogP contribution is 2.35. The Hall–Kier alpha value is -1.82. The summed E-state index contributed by atoms with van der Waals surface area (Å²) < 4.78 is 11.2. The lowest BCUT2D eigenvalue weighted by Crippen LogP contribution is -2.15. The van der Waals surface area contributed by atoms with E-state index in [2.05, 4.69) is 21.1 Å². The molecule has 2 aromatic rings. The molecular weight excluding hydrogens is 338 g/mol. The topological polar surface area (TPSA) is 72.6 Å². The van der Waals surface area contributed by atoms with Crippen LogP contribution in [0.4, 0.5) is 0 Å². The van der Waals surface area contributed by atoms with Gasteiger partial charge in [-0.1, -0.05) is 25.9 Å². The molecule has 2 rings (SSSR count). The molecule has 1 aromatic carbocycles. The van der Waals surface area contributed by atoms with E-state index in [1.807, 2.05) is 20.8 Å². The van der Waals surface area contributed by atoms with Crippen LogP contribution in [0.15, 0.2) is 27.2 Å². The number of carboxylic acids is 1. The summed E-state index contributed by atoms with van der Waals surface area (Å²) in [7, 11) is 1.57. The molecule has 1 aromatic heterocycles. The van der Waals surface area contributed by atoms with Crippen molar-refractivity contribution in [1.29, 1.82) is 0 Å². The summed E-state index contributed by atoms with van der Waals surface area (Å²) in [6.45, 7) is 5.65. The highest BCUT2D eigenvalue weighted by atomic mass is 79.9. The lowest BCUT2D eigenvalue weighted by molar-refractivity contribution is 0.0693. The zero-order valence-electron chi connectivity index (χ0n) is 12.2. The molecule has 112 valence electrons. The average molecular weight is 354 g/mol. The minimum atomic E-state index is -1.05. The van der Waals surface area contributed by atoms with Crippen molar-refractivity contribution >= 4 is 21.9 Å². The third kappa shape index (κ3) is 2.95. The number of methoxy groups -OCH3 is 1. The molecule has 0 amide bonds. The number of hydrogen-bond acceptors (Lipinski definition) is 4. The maximum Gasteiger partial charge on any atom is 0.341 e. The van der Waals surface area contributed by atoms with E-state index >= 15 is 0 Å². The van der Waals surface area contributed by atoms with Gasteiger partial charge in [-0.15, -0.1) is 0 Å². The first-order valence-electron chi connectivity index (χ1n) is 6.33. The first kappa shape index (κ1) is 15.6. The quantitative estimate of drug-likeness (QED) is 0.898. The number of nitrogens with zero attached hydrogens (tertiary/aromatic N) is 1. The Morgan fingerprint density at radius 2 is 2.05 bits per heavy atom. The number of aromatic carboxylic acids is 1. The molecule has 0 aliphatic carbocycles. The molecule has 0 saturated carbocycles. The van der Waals surface area contributed by atoms with Crippen LogP contribution in [0, 0.1) is 0 Å². The highest BCUT2D eigenvalue weighted by molar-refractivity contribution is 9.10. The van der Waals surface area contributed by atoms with Crippen molar-refractivity contribution < 1.29 is 19.2 Å². The minimum absolute atomic E-state index is 0.0968. The number of carboxylic acid groups (broad SMARTS) is 1. The minimum Gasteiger partial charge on any atom is -0.496 e. The summed E-state index contributed by atoms with van der Waals surface area (Å²) in [5, 5.41) is 13.4. The van der Waals surface area contributed by atoms with Crippen molar-refractivity contribution in [2.24, 2.45) is 0 Å². The third-order valence-electron chi connectivity index (χ3n) is 3.01. The predicted molar refractivity (Wildman–Crippen MR) is 81.9 cm³/mol. The fourth-order valence-corrected chi connectivity index (χ4v) is 2.55. The lowest BCUT2D eigenvalue weighted by atomic mass is 9.89. The van der Waals surface area contributed by atoms with E-state index in [1.165, 1.54) is 0 Å². The molecule has 0 bridgehead atoms. The van der Waals surface area contributed by atoms with Gasteiger partial charge in [0, 0.05) is 11.0 Å². The number of benzene rings is 1. The molecule has 0 radical (unpaired) electrons. The van der Waals surface area contributed by atoms with Gasteiger partial charge in [0.05, 0.1) is 11.6 Å². The first-order chi connectivity index (χ1) is 9.75. The standard InChI is InChI=1S/C15H16BrNO4/c1-15(2,3)13-11(14(18)19)12(17-21-13)8-5-6-10(20-4)9(16)7-8/h5-7H,1-4H3,(H,18,19). The fraction of sp³-hybridized carbons (Fsp3) is 0.333. The van der Waals surface area contributed by atoms with Gasteiger partial charge in [-0.2, -0.15) is 0 Å². The zero-order valence-corrected chi connectivity index (χ0v) is 13.8. The molecule has 0 unspecified atom stereocenters. The molecule has 0 aliphatic heterocycles. The first-order valence-corrected chi connectivity index (χ1v) is 7.12. The van der Waals surface area contributed by atoms with Crippen LogP contribution >= 0.6 is 15.9 Å². The van der Waals surface area contributed by atoms with Gasteiger partial charge in [-0.25, -0.2) is 4.79 Å². The van der Waals surface area contributed by atoms with Crippen LogP contribution in [0.1, 0.15) is 36.9 Å². The molecule has 0 spiro atoms. The van der Waals surface area contributed by atoms with Crippen molar-refractivity contribution in [2.45, 2.75) is 26.2 Å². The fourth-order valence-electron chi connectivity index (χ4n) is 2.01. The Balaban J connectivity index is 2.62. The normalized spacial score (nSPS) is 11.5. The van der Waals surface area contributed by atoms with Gasteiger partial charge < -0.3 is 14.4 Å². The summed E-state index contributed by atoms with van der Waals surface area (Å²) in [6, 6.07) is 5.26. The number of aromatic nitrogens is 1. The summed E-state index contributed by atoms with van der Waals surface area (Å²) in [5.41, 5.74) is 0.623. The van der Waals surface area contributed by atoms with Gasteiger partial charge in [-0.3, -0.25) is 0 Å². The summed E-state index contributed by atoms with van der Waals surface area (Å²) >= 11 is 3.38.